The van der Waals surface area contributed by atoms with Crippen LogP contribution >= 0.6 is 11.6 Å². The van der Waals surface area contributed by atoms with Crippen LogP contribution in [0.25, 0.3) is 0 Å². The Balaban J connectivity index is 2.17. The third-order valence-corrected chi connectivity index (χ3v) is 3.65. The number of benzene rings is 1. The molecule has 1 saturated heterocycles. The lowest BCUT2D eigenvalue weighted by molar-refractivity contribution is -0.00301. The maximum atomic E-state index is 13.7. The second-order valence-electron chi connectivity index (χ2n) is 4.77. The van der Waals surface area contributed by atoms with Crippen LogP contribution < -0.4 is 5.73 Å². The average Bonchev–Trinajstić information content (AvgIpc) is 2.34. The summed E-state index contributed by atoms with van der Waals surface area (Å²) in [5, 5.41) is 0.424. The van der Waals surface area contributed by atoms with Crippen molar-refractivity contribution in [1.82, 2.24) is 0 Å². The van der Waals surface area contributed by atoms with E-state index in [0.717, 1.165) is 19.4 Å². The molecule has 0 aromatic heterocycles. The van der Waals surface area contributed by atoms with Crippen LogP contribution in [0.1, 0.15) is 18.4 Å². The lowest BCUT2D eigenvalue weighted by Gasteiger charge is -2.36. The molecule has 1 aliphatic heterocycles. The summed E-state index contributed by atoms with van der Waals surface area (Å²) in [6.07, 6.45) is 2.60. The zero-order valence-corrected chi connectivity index (χ0v) is 10.5. The Bertz CT molecular complexity index is 391. The van der Waals surface area contributed by atoms with Crippen LogP contribution in [0.4, 0.5) is 4.39 Å². The number of halogens is 2. The van der Waals surface area contributed by atoms with Crippen molar-refractivity contribution in [3.8, 4) is 0 Å². The standard InChI is InChI=1S/C13H17ClFNO/c14-11-3-2-10(12(15)6-11)7-13(8-16)4-1-5-17-9-13/h2-3,6H,1,4-5,7-9,16H2. The second-order valence-corrected chi connectivity index (χ2v) is 5.21. The summed E-state index contributed by atoms with van der Waals surface area (Å²) in [4.78, 5) is 0. The van der Waals surface area contributed by atoms with Gasteiger partial charge in [-0.05, 0) is 37.0 Å². The topological polar surface area (TPSA) is 35.2 Å². The van der Waals surface area contributed by atoms with Gasteiger partial charge in [-0.2, -0.15) is 0 Å². The highest BCUT2D eigenvalue weighted by atomic mass is 35.5. The first-order chi connectivity index (χ1) is 8.15. The average molecular weight is 258 g/mol. The van der Waals surface area contributed by atoms with Gasteiger partial charge in [0.15, 0.2) is 0 Å². The number of rotatable bonds is 3. The summed E-state index contributed by atoms with van der Waals surface area (Å²) < 4.78 is 19.2. The summed E-state index contributed by atoms with van der Waals surface area (Å²) in [7, 11) is 0. The van der Waals surface area contributed by atoms with E-state index in [2.05, 4.69) is 0 Å². The van der Waals surface area contributed by atoms with E-state index in [0.29, 0.717) is 30.2 Å². The van der Waals surface area contributed by atoms with E-state index < -0.39 is 0 Å². The molecule has 2 nitrogen and oxygen atoms in total. The van der Waals surface area contributed by atoms with Gasteiger partial charge < -0.3 is 10.5 Å². The molecule has 94 valence electrons. The molecule has 4 heteroatoms. The normalized spacial score (nSPS) is 24.9. The second kappa shape index (κ2) is 5.34. The largest absolute Gasteiger partial charge is 0.381 e. The molecule has 0 aliphatic carbocycles. The van der Waals surface area contributed by atoms with Crippen molar-refractivity contribution in [2.45, 2.75) is 19.3 Å². The van der Waals surface area contributed by atoms with E-state index >= 15 is 0 Å². The Labute approximate surface area is 106 Å². The third kappa shape index (κ3) is 2.97. The molecule has 1 unspecified atom stereocenters. The molecule has 1 aromatic rings. The molecule has 1 atom stereocenters. The molecule has 1 aromatic carbocycles. The molecular weight excluding hydrogens is 241 g/mol. The minimum Gasteiger partial charge on any atom is -0.381 e. The first-order valence-corrected chi connectivity index (χ1v) is 6.25. The number of ether oxygens (including phenoxy) is 1. The van der Waals surface area contributed by atoms with E-state index in [4.69, 9.17) is 22.1 Å². The molecule has 1 fully saturated rings. The molecule has 1 heterocycles. The minimum absolute atomic E-state index is 0.118. The molecule has 0 amide bonds. The number of hydrogen-bond donors (Lipinski definition) is 1. The van der Waals surface area contributed by atoms with E-state index in [1.807, 2.05) is 0 Å². The van der Waals surface area contributed by atoms with Crippen molar-refractivity contribution in [1.29, 1.82) is 0 Å². The highest BCUT2D eigenvalue weighted by Gasteiger charge is 2.32. The lowest BCUT2D eigenvalue weighted by Crippen LogP contribution is -2.40. The summed E-state index contributed by atoms with van der Waals surface area (Å²) in [5.74, 6) is -0.254. The zero-order valence-electron chi connectivity index (χ0n) is 9.72. The predicted octanol–water partition coefficient (Wildman–Crippen LogP) is 2.78. The molecular formula is C13H17ClFNO. The van der Waals surface area contributed by atoms with Crippen LogP contribution in [0, 0.1) is 11.2 Å². The molecule has 2 N–H and O–H groups in total. The van der Waals surface area contributed by atoms with Crippen molar-refractivity contribution in [3.63, 3.8) is 0 Å². The Morgan fingerprint density at radius 2 is 2.29 bits per heavy atom. The Morgan fingerprint density at radius 1 is 1.47 bits per heavy atom. The van der Waals surface area contributed by atoms with Gasteiger partial charge in [0, 0.05) is 23.6 Å². The van der Waals surface area contributed by atoms with Crippen LogP contribution in [0.2, 0.25) is 5.02 Å². The van der Waals surface area contributed by atoms with E-state index in [1.54, 1.807) is 12.1 Å². The Morgan fingerprint density at radius 3 is 2.88 bits per heavy atom. The zero-order chi connectivity index (χ0) is 12.3. The van der Waals surface area contributed by atoms with Crippen molar-refractivity contribution >= 4 is 11.6 Å². The van der Waals surface area contributed by atoms with E-state index in [-0.39, 0.29) is 11.2 Å². The van der Waals surface area contributed by atoms with Crippen molar-refractivity contribution in [2.75, 3.05) is 19.8 Å². The molecule has 0 saturated carbocycles. The highest BCUT2D eigenvalue weighted by molar-refractivity contribution is 6.30. The predicted molar refractivity (Wildman–Crippen MR) is 66.7 cm³/mol. The van der Waals surface area contributed by atoms with Crippen LogP contribution in [-0.4, -0.2) is 19.8 Å². The summed E-state index contributed by atoms with van der Waals surface area (Å²) in [6.45, 7) is 1.92. The smallest absolute Gasteiger partial charge is 0.127 e. The fraction of sp³-hybridized carbons (Fsp3) is 0.538. The molecule has 0 bridgehead atoms. The molecule has 0 spiro atoms. The fourth-order valence-electron chi connectivity index (χ4n) is 2.35. The number of nitrogens with two attached hydrogens (primary N) is 1. The van der Waals surface area contributed by atoms with Crippen LogP contribution in [0.3, 0.4) is 0 Å². The van der Waals surface area contributed by atoms with Gasteiger partial charge in [0.05, 0.1) is 6.61 Å². The van der Waals surface area contributed by atoms with Crippen molar-refractivity contribution in [2.24, 2.45) is 11.1 Å². The fourth-order valence-corrected chi connectivity index (χ4v) is 2.51. The highest BCUT2D eigenvalue weighted by Crippen LogP contribution is 2.32. The maximum Gasteiger partial charge on any atom is 0.127 e. The third-order valence-electron chi connectivity index (χ3n) is 3.42. The molecule has 1 aliphatic rings. The molecule has 17 heavy (non-hydrogen) atoms. The lowest BCUT2D eigenvalue weighted by atomic mass is 9.77. The summed E-state index contributed by atoms with van der Waals surface area (Å²) in [5.41, 5.74) is 6.39. The first kappa shape index (κ1) is 12.8. The van der Waals surface area contributed by atoms with Gasteiger partial charge in [0.1, 0.15) is 5.82 Å². The minimum atomic E-state index is -0.254. The van der Waals surface area contributed by atoms with Crippen LogP contribution in [0.15, 0.2) is 18.2 Å². The summed E-state index contributed by atoms with van der Waals surface area (Å²) >= 11 is 5.74. The van der Waals surface area contributed by atoms with Gasteiger partial charge in [0.25, 0.3) is 0 Å². The Hall–Kier alpha value is -0.640. The van der Waals surface area contributed by atoms with Gasteiger partial charge in [0.2, 0.25) is 0 Å². The van der Waals surface area contributed by atoms with Gasteiger partial charge in [-0.25, -0.2) is 4.39 Å². The first-order valence-electron chi connectivity index (χ1n) is 5.87. The Kier molecular flexibility index (Phi) is 4.02. The van der Waals surface area contributed by atoms with Gasteiger partial charge >= 0.3 is 0 Å². The van der Waals surface area contributed by atoms with E-state index in [1.165, 1.54) is 6.07 Å². The molecule has 0 radical (unpaired) electrons. The monoisotopic (exact) mass is 257 g/mol. The number of hydrogen-bond acceptors (Lipinski definition) is 2. The van der Waals surface area contributed by atoms with Gasteiger partial charge in [-0.3, -0.25) is 0 Å². The van der Waals surface area contributed by atoms with Crippen LogP contribution in [0.5, 0.6) is 0 Å². The quantitative estimate of drug-likeness (QED) is 0.904. The van der Waals surface area contributed by atoms with E-state index in [9.17, 15) is 4.39 Å². The SMILES string of the molecule is NCC1(Cc2ccc(Cl)cc2F)CCCOC1. The van der Waals surface area contributed by atoms with Crippen LogP contribution in [-0.2, 0) is 11.2 Å². The van der Waals surface area contributed by atoms with Crippen molar-refractivity contribution < 1.29 is 9.13 Å². The van der Waals surface area contributed by atoms with Gasteiger partial charge in [-0.15, -0.1) is 0 Å². The molecule has 2 rings (SSSR count). The van der Waals surface area contributed by atoms with Gasteiger partial charge in [-0.1, -0.05) is 17.7 Å². The summed E-state index contributed by atoms with van der Waals surface area (Å²) in [6, 6.07) is 4.81. The van der Waals surface area contributed by atoms with Crippen molar-refractivity contribution in [3.05, 3.63) is 34.6 Å². The maximum absolute atomic E-state index is 13.7.